The van der Waals surface area contributed by atoms with E-state index in [1.54, 1.807) is 35.5 Å². The highest BCUT2D eigenvalue weighted by Gasteiger charge is 2.34. The van der Waals surface area contributed by atoms with E-state index in [1.165, 1.54) is 22.6 Å². The summed E-state index contributed by atoms with van der Waals surface area (Å²) in [6, 6.07) is 13.9. The van der Waals surface area contributed by atoms with Crippen LogP contribution in [-0.2, 0) is 22.7 Å². The molecule has 1 fully saturated rings. The van der Waals surface area contributed by atoms with Crippen LogP contribution in [-0.4, -0.2) is 47.9 Å². The van der Waals surface area contributed by atoms with Crippen molar-refractivity contribution in [3.05, 3.63) is 82.5 Å². The van der Waals surface area contributed by atoms with Crippen molar-refractivity contribution in [2.45, 2.75) is 57.3 Å². The van der Waals surface area contributed by atoms with E-state index in [0.717, 1.165) is 36.1 Å². The molecule has 5 rings (SSSR count). The van der Waals surface area contributed by atoms with Crippen molar-refractivity contribution in [2.24, 2.45) is 0 Å². The lowest BCUT2D eigenvalue weighted by molar-refractivity contribution is -0.142. The van der Waals surface area contributed by atoms with Gasteiger partial charge >= 0.3 is 0 Å². The Morgan fingerprint density at radius 1 is 1.08 bits per heavy atom. The van der Waals surface area contributed by atoms with Gasteiger partial charge < -0.3 is 10.2 Å². The van der Waals surface area contributed by atoms with Crippen LogP contribution in [0.2, 0.25) is 5.02 Å². The number of rotatable bonds is 9. The minimum absolute atomic E-state index is 0.0863. The summed E-state index contributed by atoms with van der Waals surface area (Å²) in [5, 5.41) is 18.2. The lowest BCUT2D eigenvalue weighted by Crippen LogP contribution is -2.47. The monoisotopic (exact) mass is 549 g/mol. The zero-order valence-corrected chi connectivity index (χ0v) is 22.3. The van der Waals surface area contributed by atoms with Gasteiger partial charge in [-0.05, 0) is 58.8 Å². The number of aromatic nitrogens is 5. The van der Waals surface area contributed by atoms with E-state index in [-0.39, 0.29) is 30.9 Å². The first kappa shape index (κ1) is 26.0. The third kappa shape index (κ3) is 6.25. The lowest BCUT2D eigenvalue weighted by atomic mass is 9.94. The summed E-state index contributed by atoms with van der Waals surface area (Å²) < 4.78 is 0. The number of thiophene rings is 1. The molecule has 0 saturated heterocycles. The predicted octanol–water partition coefficient (Wildman–Crippen LogP) is 4.67. The molecule has 2 amide bonds. The summed E-state index contributed by atoms with van der Waals surface area (Å²) in [5.41, 5.74) is 1.40. The van der Waals surface area contributed by atoms with Crippen LogP contribution in [0, 0.1) is 0 Å². The number of amides is 2. The summed E-state index contributed by atoms with van der Waals surface area (Å²) >= 11 is 7.99. The molecule has 1 atom stereocenters. The Labute approximate surface area is 229 Å². The summed E-state index contributed by atoms with van der Waals surface area (Å²) in [6.45, 7) is -0.0445. The second-order valence-corrected chi connectivity index (χ2v) is 10.6. The molecular formula is C27H28ClN7O2S. The van der Waals surface area contributed by atoms with Crippen LogP contribution in [0.25, 0.3) is 10.7 Å². The Balaban J connectivity index is 1.47. The molecule has 4 aromatic rings. The lowest BCUT2D eigenvalue weighted by Gasteiger charge is -2.33. The Morgan fingerprint density at radius 2 is 1.87 bits per heavy atom. The summed E-state index contributed by atoms with van der Waals surface area (Å²) in [7, 11) is 0. The first-order valence-electron chi connectivity index (χ1n) is 12.6. The van der Waals surface area contributed by atoms with E-state index >= 15 is 0 Å². The van der Waals surface area contributed by atoms with Crippen molar-refractivity contribution in [1.82, 2.24) is 35.4 Å². The molecule has 0 spiro atoms. The normalized spacial score (nSPS) is 14.7. The van der Waals surface area contributed by atoms with Gasteiger partial charge in [-0.1, -0.05) is 55.1 Å². The highest BCUT2D eigenvalue weighted by molar-refractivity contribution is 7.13. The van der Waals surface area contributed by atoms with Crippen molar-refractivity contribution >= 4 is 34.8 Å². The van der Waals surface area contributed by atoms with E-state index in [9.17, 15) is 9.59 Å². The molecule has 3 heterocycles. The summed E-state index contributed by atoms with van der Waals surface area (Å²) in [5.74, 6) is -0.110. The first-order chi connectivity index (χ1) is 18.6. The molecule has 1 N–H and O–H groups in total. The van der Waals surface area contributed by atoms with Crippen molar-refractivity contribution in [3.63, 3.8) is 0 Å². The number of hydrogen-bond acceptors (Lipinski definition) is 7. The fraction of sp³-hybridized carbons (Fsp3) is 0.333. The molecule has 0 aliphatic heterocycles. The maximum absolute atomic E-state index is 13.9. The Bertz CT molecular complexity index is 1360. The molecule has 3 aromatic heterocycles. The van der Waals surface area contributed by atoms with Gasteiger partial charge in [-0.2, -0.15) is 4.80 Å². The van der Waals surface area contributed by atoms with Gasteiger partial charge in [0.05, 0.1) is 4.88 Å². The second kappa shape index (κ2) is 12.3. The number of benzene rings is 1. The summed E-state index contributed by atoms with van der Waals surface area (Å²) in [4.78, 5) is 35.5. The first-order valence-corrected chi connectivity index (χ1v) is 13.9. The fourth-order valence-corrected chi connectivity index (χ4v) is 5.55. The van der Waals surface area contributed by atoms with E-state index in [0.29, 0.717) is 16.4 Å². The third-order valence-corrected chi connectivity index (χ3v) is 7.86. The molecule has 1 aromatic carbocycles. The standard InChI is InChI=1S/C27H28ClN7O2S/c28-22-10-5-4-7-20(22)17-34(24(36)18-35-32-26(31-33-35)23-11-6-16-38-23)25(19-12-14-29-15-13-19)27(37)30-21-8-2-1-3-9-21/h4-7,10-16,21,25H,1-3,8-9,17-18H2,(H,30,37). The van der Waals surface area contributed by atoms with Crippen LogP contribution in [0.1, 0.15) is 49.3 Å². The van der Waals surface area contributed by atoms with Crippen LogP contribution in [0.4, 0.5) is 0 Å². The van der Waals surface area contributed by atoms with Gasteiger partial charge in [0, 0.05) is 30.0 Å². The number of carbonyl (C=O) groups is 2. The maximum Gasteiger partial charge on any atom is 0.247 e. The number of tetrazole rings is 1. The SMILES string of the molecule is O=C(NC1CCCCC1)C(c1ccncc1)N(Cc1ccccc1Cl)C(=O)Cn1nnc(-c2cccs2)n1. The molecule has 11 heteroatoms. The highest BCUT2D eigenvalue weighted by Crippen LogP contribution is 2.28. The minimum atomic E-state index is -0.885. The molecule has 38 heavy (non-hydrogen) atoms. The topological polar surface area (TPSA) is 106 Å². The number of carbonyl (C=O) groups excluding carboxylic acids is 2. The smallest absolute Gasteiger partial charge is 0.247 e. The molecule has 1 aliphatic rings. The van der Waals surface area contributed by atoms with E-state index in [4.69, 9.17) is 11.6 Å². The highest BCUT2D eigenvalue weighted by atomic mass is 35.5. The zero-order chi connectivity index (χ0) is 26.3. The molecule has 1 unspecified atom stereocenters. The van der Waals surface area contributed by atoms with E-state index in [1.807, 2.05) is 35.7 Å². The second-order valence-electron chi connectivity index (χ2n) is 9.26. The van der Waals surface area contributed by atoms with E-state index in [2.05, 4.69) is 25.7 Å². The van der Waals surface area contributed by atoms with Crippen molar-refractivity contribution in [1.29, 1.82) is 0 Å². The van der Waals surface area contributed by atoms with Gasteiger partial charge in [-0.25, -0.2) is 0 Å². The average molecular weight is 550 g/mol. The predicted molar refractivity (Wildman–Crippen MR) is 145 cm³/mol. The molecule has 196 valence electrons. The fourth-order valence-electron chi connectivity index (χ4n) is 4.71. The van der Waals surface area contributed by atoms with Crippen LogP contribution in [0.5, 0.6) is 0 Å². The van der Waals surface area contributed by atoms with Crippen molar-refractivity contribution in [3.8, 4) is 10.7 Å². The Hall–Kier alpha value is -3.63. The largest absolute Gasteiger partial charge is 0.351 e. The number of hydrogen-bond donors (Lipinski definition) is 1. The average Bonchev–Trinajstić information content (AvgIpc) is 3.63. The van der Waals surface area contributed by atoms with E-state index < -0.39 is 6.04 Å². The van der Waals surface area contributed by atoms with Crippen LogP contribution >= 0.6 is 22.9 Å². The zero-order valence-electron chi connectivity index (χ0n) is 20.7. The van der Waals surface area contributed by atoms with Crippen LogP contribution < -0.4 is 5.32 Å². The minimum Gasteiger partial charge on any atom is -0.351 e. The van der Waals surface area contributed by atoms with Gasteiger partial charge in [0.15, 0.2) is 0 Å². The van der Waals surface area contributed by atoms with Gasteiger partial charge in [-0.3, -0.25) is 14.6 Å². The summed E-state index contributed by atoms with van der Waals surface area (Å²) in [6.07, 6.45) is 8.45. The molecule has 9 nitrogen and oxygen atoms in total. The molecular weight excluding hydrogens is 522 g/mol. The van der Waals surface area contributed by atoms with Gasteiger partial charge in [0.25, 0.3) is 0 Å². The van der Waals surface area contributed by atoms with Crippen molar-refractivity contribution in [2.75, 3.05) is 0 Å². The van der Waals surface area contributed by atoms with Crippen LogP contribution in [0.3, 0.4) is 0 Å². The number of pyridine rings is 1. The third-order valence-electron chi connectivity index (χ3n) is 6.62. The quantitative estimate of drug-likeness (QED) is 0.325. The maximum atomic E-state index is 13.9. The molecule has 0 radical (unpaired) electrons. The molecule has 1 saturated carbocycles. The number of halogens is 1. The number of nitrogens with zero attached hydrogens (tertiary/aromatic N) is 6. The Kier molecular flexibility index (Phi) is 8.40. The number of nitrogens with one attached hydrogen (secondary N) is 1. The van der Waals surface area contributed by atoms with Gasteiger partial charge in [0.1, 0.15) is 12.6 Å². The molecule has 1 aliphatic carbocycles. The van der Waals surface area contributed by atoms with Gasteiger partial charge in [0.2, 0.25) is 17.6 Å². The van der Waals surface area contributed by atoms with Crippen molar-refractivity contribution < 1.29 is 9.59 Å². The van der Waals surface area contributed by atoms with Gasteiger partial charge in [-0.15, -0.1) is 21.5 Å². The molecule has 0 bridgehead atoms. The van der Waals surface area contributed by atoms with Crippen LogP contribution in [0.15, 0.2) is 66.3 Å². The Morgan fingerprint density at radius 3 is 2.61 bits per heavy atom.